The highest BCUT2D eigenvalue weighted by Crippen LogP contribution is 2.23. The predicted octanol–water partition coefficient (Wildman–Crippen LogP) is 5.01. The summed E-state index contributed by atoms with van der Waals surface area (Å²) in [6, 6.07) is 10.2. The first-order valence-electron chi connectivity index (χ1n) is 6.09. The Morgan fingerprint density at radius 1 is 1.05 bits per heavy atom. The fraction of sp³-hybridized carbons (Fsp3) is 0.200. The molecule has 0 aliphatic rings. The molecule has 2 N–H and O–H groups in total. The smallest absolute Gasteiger partial charge is 0.127 e. The average molecular weight is 377 g/mol. The topological polar surface area (TPSA) is 26.0 Å². The van der Waals surface area contributed by atoms with Gasteiger partial charge in [-0.1, -0.05) is 51.3 Å². The van der Waals surface area contributed by atoms with Gasteiger partial charge < -0.3 is 5.73 Å². The Morgan fingerprint density at radius 3 is 2.45 bits per heavy atom. The third kappa shape index (κ3) is 4.19. The van der Waals surface area contributed by atoms with Gasteiger partial charge >= 0.3 is 0 Å². The fourth-order valence-electron chi connectivity index (χ4n) is 2.01. The van der Waals surface area contributed by atoms with Crippen molar-refractivity contribution in [2.45, 2.75) is 18.9 Å². The number of rotatable bonds is 4. The van der Waals surface area contributed by atoms with Crippen molar-refractivity contribution >= 4 is 39.1 Å². The minimum absolute atomic E-state index is 0.178. The first kappa shape index (κ1) is 15.8. The Labute approximate surface area is 136 Å². The van der Waals surface area contributed by atoms with Crippen LogP contribution >= 0.6 is 39.1 Å². The van der Waals surface area contributed by atoms with Crippen LogP contribution < -0.4 is 5.73 Å². The predicted molar refractivity (Wildman–Crippen MR) is 85.9 cm³/mol. The van der Waals surface area contributed by atoms with Crippen LogP contribution in [0.3, 0.4) is 0 Å². The lowest BCUT2D eigenvalue weighted by atomic mass is 9.99. The van der Waals surface area contributed by atoms with E-state index in [2.05, 4.69) is 15.9 Å². The molecule has 106 valence electrons. The summed E-state index contributed by atoms with van der Waals surface area (Å²) >= 11 is 15.1. The molecule has 0 radical (unpaired) electrons. The molecule has 20 heavy (non-hydrogen) atoms. The van der Waals surface area contributed by atoms with Gasteiger partial charge in [-0.25, -0.2) is 4.39 Å². The molecule has 0 amide bonds. The van der Waals surface area contributed by atoms with Crippen molar-refractivity contribution in [1.82, 2.24) is 0 Å². The van der Waals surface area contributed by atoms with Gasteiger partial charge in [-0.2, -0.15) is 0 Å². The normalized spacial score (nSPS) is 12.4. The van der Waals surface area contributed by atoms with Gasteiger partial charge in [0.1, 0.15) is 5.82 Å². The van der Waals surface area contributed by atoms with E-state index in [0.29, 0.717) is 28.5 Å². The van der Waals surface area contributed by atoms with Crippen molar-refractivity contribution in [3.63, 3.8) is 0 Å². The Bertz CT molecular complexity index is 619. The van der Waals surface area contributed by atoms with E-state index >= 15 is 0 Å². The molecule has 0 heterocycles. The minimum atomic E-state index is -0.246. The van der Waals surface area contributed by atoms with Crippen molar-refractivity contribution in [2.75, 3.05) is 0 Å². The second-order valence-corrected chi connectivity index (χ2v) is 6.38. The quantitative estimate of drug-likeness (QED) is 0.797. The van der Waals surface area contributed by atoms with Crippen LogP contribution in [-0.4, -0.2) is 6.04 Å². The third-order valence-electron chi connectivity index (χ3n) is 2.98. The summed E-state index contributed by atoms with van der Waals surface area (Å²) in [5, 5.41) is 1.02. The zero-order valence-electron chi connectivity index (χ0n) is 10.5. The van der Waals surface area contributed by atoms with Gasteiger partial charge in [-0.05, 0) is 48.2 Å². The number of benzene rings is 2. The number of nitrogens with two attached hydrogens (primary N) is 1. The summed E-state index contributed by atoms with van der Waals surface area (Å²) in [4.78, 5) is 0. The molecule has 1 atom stereocenters. The zero-order valence-corrected chi connectivity index (χ0v) is 13.6. The summed E-state index contributed by atoms with van der Waals surface area (Å²) < 4.78 is 14.5. The van der Waals surface area contributed by atoms with Crippen LogP contribution in [0.4, 0.5) is 4.39 Å². The average Bonchev–Trinajstić information content (AvgIpc) is 2.37. The summed E-state index contributed by atoms with van der Waals surface area (Å²) in [5.41, 5.74) is 7.68. The molecule has 2 aromatic rings. The summed E-state index contributed by atoms with van der Waals surface area (Å²) in [6.45, 7) is 0. The molecule has 1 nitrogen and oxygen atoms in total. The van der Waals surface area contributed by atoms with Gasteiger partial charge in [0.15, 0.2) is 0 Å². The molecule has 2 aromatic carbocycles. The number of hydrogen-bond donors (Lipinski definition) is 1. The molecule has 0 saturated carbocycles. The van der Waals surface area contributed by atoms with E-state index < -0.39 is 0 Å². The SMILES string of the molecule is NC(Cc1ccc(Cl)c(Cl)c1)Cc1ccc(Br)cc1F. The molecular formula is C15H13BrCl2FN. The van der Waals surface area contributed by atoms with E-state index in [9.17, 15) is 4.39 Å². The molecular weight excluding hydrogens is 364 g/mol. The van der Waals surface area contributed by atoms with Crippen molar-refractivity contribution in [3.8, 4) is 0 Å². The van der Waals surface area contributed by atoms with E-state index in [1.807, 2.05) is 12.1 Å². The van der Waals surface area contributed by atoms with Crippen molar-refractivity contribution in [1.29, 1.82) is 0 Å². The lowest BCUT2D eigenvalue weighted by molar-refractivity contribution is 0.583. The maximum Gasteiger partial charge on any atom is 0.127 e. The van der Waals surface area contributed by atoms with Crippen LogP contribution in [-0.2, 0) is 12.8 Å². The summed E-state index contributed by atoms with van der Waals surface area (Å²) in [6.07, 6.45) is 1.09. The number of halogens is 4. The van der Waals surface area contributed by atoms with Gasteiger partial charge in [0.2, 0.25) is 0 Å². The van der Waals surface area contributed by atoms with Gasteiger partial charge in [0.25, 0.3) is 0 Å². The van der Waals surface area contributed by atoms with Crippen LogP contribution in [0, 0.1) is 5.82 Å². The lowest BCUT2D eigenvalue weighted by Crippen LogP contribution is -2.26. The molecule has 0 aliphatic heterocycles. The molecule has 2 rings (SSSR count). The minimum Gasteiger partial charge on any atom is -0.327 e. The van der Waals surface area contributed by atoms with Crippen molar-refractivity contribution < 1.29 is 4.39 Å². The highest BCUT2D eigenvalue weighted by atomic mass is 79.9. The van der Waals surface area contributed by atoms with Crippen LogP contribution in [0.2, 0.25) is 10.0 Å². The van der Waals surface area contributed by atoms with Crippen molar-refractivity contribution in [2.24, 2.45) is 5.73 Å². The molecule has 0 aliphatic carbocycles. The zero-order chi connectivity index (χ0) is 14.7. The van der Waals surface area contributed by atoms with Gasteiger partial charge in [0.05, 0.1) is 10.0 Å². The summed E-state index contributed by atoms with van der Waals surface area (Å²) in [5.74, 6) is -0.246. The first-order chi connectivity index (χ1) is 9.45. The Morgan fingerprint density at radius 2 is 1.80 bits per heavy atom. The molecule has 1 unspecified atom stereocenters. The lowest BCUT2D eigenvalue weighted by Gasteiger charge is -2.13. The first-order valence-corrected chi connectivity index (χ1v) is 7.64. The molecule has 0 fully saturated rings. The summed E-state index contributed by atoms with van der Waals surface area (Å²) in [7, 11) is 0. The monoisotopic (exact) mass is 375 g/mol. The molecule has 0 bridgehead atoms. The fourth-order valence-corrected chi connectivity index (χ4v) is 2.67. The third-order valence-corrected chi connectivity index (χ3v) is 4.21. The van der Waals surface area contributed by atoms with E-state index in [1.165, 1.54) is 6.07 Å². The van der Waals surface area contributed by atoms with Crippen LogP contribution in [0.15, 0.2) is 40.9 Å². The van der Waals surface area contributed by atoms with Gasteiger partial charge in [0, 0.05) is 10.5 Å². The second-order valence-electron chi connectivity index (χ2n) is 4.65. The van der Waals surface area contributed by atoms with E-state index in [0.717, 1.165) is 10.0 Å². The van der Waals surface area contributed by atoms with E-state index in [1.54, 1.807) is 18.2 Å². The highest BCUT2D eigenvalue weighted by molar-refractivity contribution is 9.10. The molecule has 0 saturated heterocycles. The molecule has 0 spiro atoms. The molecule has 0 aromatic heterocycles. The highest BCUT2D eigenvalue weighted by Gasteiger charge is 2.10. The molecule has 5 heteroatoms. The standard InChI is InChI=1S/C15H13BrCl2FN/c16-11-3-2-10(15(19)8-11)7-12(20)5-9-1-4-13(17)14(18)6-9/h1-4,6,8,12H,5,7,20H2. The Kier molecular flexibility index (Phi) is 5.44. The maximum absolute atomic E-state index is 13.7. The largest absolute Gasteiger partial charge is 0.327 e. The van der Waals surface area contributed by atoms with Crippen LogP contribution in [0.5, 0.6) is 0 Å². The maximum atomic E-state index is 13.7. The Balaban J connectivity index is 2.04. The Hall–Kier alpha value is -0.610. The second kappa shape index (κ2) is 6.90. The number of hydrogen-bond acceptors (Lipinski definition) is 1. The van der Waals surface area contributed by atoms with Gasteiger partial charge in [-0.3, -0.25) is 0 Å². The van der Waals surface area contributed by atoms with Crippen molar-refractivity contribution in [3.05, 3.63) is 67.9 Å². The van der Waals surface area contributed by atoms with E-state index in [-0.39, 0.29) is 11.9 Å². The van der Waals surface area contributed by atoms with Gasteiger partial charge in [-0.15, -0.1) is 0 Å². The van der Waals surface area contributed by atoms with Crippen LogP contribution in [0.1, 0.15) is 11.1 Å². The van der Waals surface area contributed by atoms with Crippen LogP contribution in [0.25, 0.3) is 0 Å². The van der Waals surface area contributed by atoms with E-state index in [4.69, 9.17) is 28.9 Å².